The molecule has 16 heavy (non-hydrogen) atoms. The SMILES string of the molecule is CC(C)(CNC(=O)CN)c1ccccc1Br. The highest BCUT2D eigenvalue weighted by Crippen LogP contribution is 2.29. The second-order valence-electron chi connectivity index (χ2n) is 4.34. The quantitative estimate of drug-likeness (QED) is 0.886. The van der Waals surface area contributed by atoms with Crippen LogP contribution in [0.5, 0.6) is 0 Å². The summed E-state index contributed by atoms with van der Waals surface area (Å²) in [6, 6.07) is 8.02. The first kappa shape index (κ1) is 13.2. The highest BCUT2D eigenvalue weighted by molar-refractivity contribution is 9.10. The minimum atomic E-state index is -0.125. The van der Waals surface area contributed by atoms with Crippen LogP contribution in [0.2, 0.25) is 0 Å². The van der Waals surface area contributed by atoms with Crippen molar-refractivity contribution < 1.29 is 4.79 Å². The Labute approximate surface area is 105 Å². The Bertz CT molecular complexity index is 377. The fourth-order valence-corrected chi connectivity index (χ4v) is 2.32. The number of hydrogen-bond acceptors (Lipinski definition) is 2. The lowest BCUT2D eigenvalue weighted by molar-refractivity contribution is -0.119. The van der Waals surface area contributed by atoms with Crippen molar-refractivity contribution in [2.24, 2.45) is 5.73 Å². The minimum Gasteiger partial charge on any atom is -0.354 e. The summed E-state index contributed by atoms with van der Waals surface area (Å²) < 4.78 is 1.06. The van der Waals surface area contributed by atoms with Crippen LogP contribution in [0.3, 0.4) is 0 Å². The van der Waals surface area contributed by atoms with Gasteiger partial charge in [0.25, 0.3) is 0 Å². The van der Waals surface area contributed by atoms with Crippen molar-refractivity contribution in [3.63, 3.8) is 0 Å². The summed E-state index contributed by atoms with van der Waals surface area (Å²) in [5.74, 6) is -0.125. The van der Waals surface area contributed by atoms with Gasteiger partial charge in [-0.2, -0.15) is 0 Å². The molecule has 1 amide bonds. The summed E-state index contributed by atoms with van der Waals surface area (Å²) in [6.45, 7) is 4.78. The number of benzene rings is 1. The van der Waals surface area contributed by atoms with Gasteiger partial charge in [0, 0.05) is 16.4 Å². The summed E-state index contributed by atoms with van der Waals surface area (Å²) in [6.07, 6.45) is 0. The molecule has 0 bridgehead atoms. The molecule has 0 aliphatic rings. The Hall–Kier alpha value is -0.870. The molecule has 0 aliphatic heterocycles. The number of rotatable bonds is 4. The number of amides is 1. The van der Waals surface area contributed by atoms with Crippen LogP contribution in [0.4, 0.5) is 0 Å². The van der Waals surface area contributed by atoms with E-state index in [0.717, 1.165) is 4.47 Å². The monoisotopic (exact) mass is 284 g/mol. The van der Waals surface area contributed by atoms with Crippen LogP contribution in [0.1, 0.15) is 19.4 Å². The van der Waals surface area contributed by atoms with Crippen LogP contribution >= 0.6 is 15.9 Å². The van der Waals surface area contributed by atoms with Crippen molar-refractivity contribution in [2.45, 2.75) is 19.3 Å². The zero-order valence-corrected chi connectivity index (χ0v) is 11.2. The second kappa shape index (κ2) is 5.46. The van der Waals surface area contributed by atoms with Crippen LogP contribution in [-0.2, 0) is 10.2 Å². The van der Waals surface area contributed by atoms with Gasteiger partial charge in [-0.25, -0.2) is 0 Å². The Balaban J connectivity index is 2.77. The number of hydrogen-bond donors (Lipinski definition) is 2. The highest BCUT2D eigenvalue weighted by Gasteiger charge is 2.23. The van der Waals surface area contributed by atoms with Gasteiger partial charge in [0.2, 0.25) is 5.91 Å². The summed E-state index contributed by atoms with van der Waals surface area (Å²) >= 11 is 3.52. The number of carbonyl (C=O) groups is 1. The highest BCUT2D eigenvalue weighted by atomic mass is 79.9. The average Bonchev–Trinajstić information content (AvgIpc) is 2.26. The Morgan fingerprint density at radius 2 is 2.06 bits per heavy atom. The minimum absolute atomic E-state index is 0.0338. The molecule has 0 atom stereocenters. The maximum Gasteiger partial charge on any atom is 0.233 e. The van der Waals surface area contributed by atoms with Crippen molar-refractivity contribution in [1.82, 2.24) is 5.32 Å². The first-order valence-electron chi connectivity index (χ1n) is 5.19. The van der Waals surface area contributed by atoms with Gasteiger partial charge >= 0.3 is 0 Å². The van der Waals surface area contributed by atoms with Gasteiger partial charge in [0.15, 0.2) is 0 Å². The van der Waals surface area contributed by atoms with Gasteiger partial charge in [-0.05, 0) is 11.6 Å². The van der Waals surface area contributed by atoms with E-state index in [4.69, 9.17) is 5.73 Å². The molecule has 0 saturated heterocycles. The summed E-state index contributed by atoms with van der Waals surface area (Å²) in [7, 11) is 0. The Kier molecular flexibility index (Phi) is 4.50. The predicted molar refractivity (Wildman–Crippen MR) is 69.2 cm³/mol. The Morgan fingerprint density at radius 3 is 2.62 bits per heavy atom. The predicted octanol–water partition coefficient (Wildman–Crippen LogP) is 1.80. The second-order valence-corrected chi connectivity index (χ2v) is 5.20. The van der Waals surface area contributed by atoms with E-state index in [9.17, 15) is 4.79 Å². The first-order chi connectivity index (χ1) is 7.47. The number of nitrogens with one attached hydrogen (secondary N) is 1. The van der Waals surface area contributed by atoms with E-state index in [2.05, 4.69) is 41.2 Å². The fourth-order valence-electron chi connectivity index (χ4n) is 1.50. The number of halogens is 1. The van der Waals surface area contributed by atoms with Gasteiger partial charge in [-0.3, -0.25) is 4.79 Å². The number of nitrogens with two attached hydrogens (primary N) is 1. The first-order valence-corrected chi connectivity index (χ1v) is 5.98. The van der Waals surface area contributed by atoms with Gasteiger partial charge in [-0.15, -0.1) is 0 Å². The van der Waals surface area contributed by atoms with Crippen LogP contribution in [-0.4, -0.2) is 19.0 Å². The van der Waals surface area contributed by atoms with E-state index in [1.54, 1.807) is 0 Å². The normalized spacial score (nSPS) is 11.2. The summed E-state index contributed by atoms with van der Waals surface area (Å²) in [5.41, 5.74) is 6.30. The zero-order chi connectivity index (χ0) is 12.2. The molecule has 0 fully saturated rings. The van der Waals surface area contributed by atoms with Crippen molar-refractivity contribution in [3.8, 4) is 0 Å². The van der Waals surface area contributed by atoms with Gasteiger partial charge in [0.1, 0.15) is 0 Å². The van der Waals surface area contributed by atoms with Gasteiger partial charge < -0.3 is 11.1 Å². The molecule has 1 aromatic rings. The molecule has 0 aliphatic carbocycles. The fraction of sp³-hybridized carbons (Fsp3) is 0.417. The maximum absolute atomic E-state index is 11.1. The molecular formula is C12H17BrN2O. The van der Waals surface area contributed by atoms with Crippen molar-refractivity contribution in [1.29, 1.82) is 0 Å². The standard InChI is InChI=1S/C12H17BrN2O/c1-12(2,8-15-11(16)7-14)9-5-3-4-6-10(9)13/h3-6H,7-8,14H2,1-2H3,(H,15,16). The largest absolute Gasteiger partial charge is 0.354 e. The van der Waals surface area contributed by atoms with Gasteiger partial charge in [-0.1, -0.05) is 48.0 Å². The topological polar surface area (TPSA) is 55.1 Å². The molecule has 1 aromatic carbocycles. The molecule has 3 nitrogen and oxygen atoms in total. The molecule has 4 heteroatoms. The Morgan fingerprint density at radius 1 is 1.44 bits per heavy atom. The molecule has 0 saturated carbocycles. The van der Waals surface area contributed by atoms with Crippen molar-refractivity contribution in [2.75, 3.05) is 13.1 Å². The maximum atomic E-state index is 11.1. The van der Waals surface area contributed by atoms with Crippen LogP contribution < -0.4 is 11.1 Å². The molecule has 0 spiro atoms. The summed E-state index contributed by atoms with van der Waals surface area (Å²) in [5, 5.41) is 2.81. The third-order valence-electron chi connectivity index (χ3n) is 2.52. The molecule has 3 N–H and O–H groups in total. The van der Waals surface area contributed by atoms with Crippen LogP contribution in [0.15, 0.2) is 28.7 Å². The molecule has 0 heterocycles. The molecule has 88 valence electrons. The molecule has 0 aromatic heterocycles. The van der Waals surface area contributed by atoms with E-state index in [1.165, 1.54) is 5.56 Å². The lowest BCUT2D eigenvalue weighted by Crippen LogP contribution is -2.39. The van der Waals surface area contributed by atoms with Crippen LogP contribution in [0, 0.1) is 0 Å². The average molecular weight is 285 g/mol. The molecule has 0 unspecified atom stereocenters. The van der Waals surface area contributed by atoms with E-state index >= 15 is 0 Å². The number of carbonyl (C=O) groups excluding carboxylic acids is 1. The van der Waals surface area contributed by atoms with Crippen LogP contribution in [0.25, 0.3) is 0 Å². The molecule has 1 rings (SSSR count). The molecular weight excluding hydrogens is 268 g/mol. The van der Waals surface area contributed by atoms with E-state index in [1.807, 2.05) is 18.2 Å². The van der Waals surface area contributed by atoms with E-state index in [-0.39, 0.29) is 17.9 Å². The lowest BCUT2D eigenvalue weighted by atomic mass is 9.84. The van der Waals surface area contributed by atoms with E-state index in [0.29, 0.717) is 6.54 Å². The van der Waals surface area contributed by atoms with Crippen molar-refractivity contribution in [3.05, 3.63) is 34.3 Å². The van der Waals surface area contributed by atoms with E-state index < -0.39 is 0 Å². The zero-order valence-electron chi connectivity index (χ0n) is 9.59. The molecule has 0 radical (unpaired) electrons. The third kappa shape index (κ3) is 3.32. The van der Waals surface area contributed by atoms with Crippen molar-refractivity contribution >= 4 is 21.8 Å². The lowest BCUT2D eigenvalue weighted by Gasteiger charge is -2.26. The smallest absolute Gasteiger partial charge is 0.233 e. The van der Waals surface area contributed by atoms with Gasteiger partial charge in [0.05, 0.1) is 6.54 Å². The summed E-state index contributed by atoms with van der Waals surface area (Å²) in [4.78, 5) is 11.1. The third-order valence-corrected chi connectivity index (χ3v) is 3.21.